The summed E-state index contributed by atoms with van der Waals surface area (Å²) in [7, 11) is 0. The second-order valence-electron chi connectivity index (χ2n) is 8.35. The third kappa shape index (κ3) is 5.23. The summed E-state index contributed by atoms with van der Waals surface area (Å²) in [6.07, 6.45) is 0.549. The van der Waals surface area contributed by atoms with Crippen LogP contribution in [0.5, 0.6) is 0 Å². The van der Waals surface area contributed by atoms with E-state index >= 15 is 0 Å². The van der Waals surface area contributed by atoms with E-state index in [1.54, 1.807) is 6.07 Å². The van der Waals surface area contributed by atoms with Crippen molar-refractivity contribution in [1.29, 1.82) is 0 Å². The highest BCUT2D eigenvalue weighted by Gasteiger charge is 2.36. The maximum Gasteiger partial charge on any atom is 0.417 e. The Morgan fingerprint density at radius 2 is 1.86 bits per heavy atom. The molecular formula is C24H22F5N5O. The van der Waals surface area contributed by atoms with Crippen molar-refractivity contribution in [3.63, 3.8) is 0 Å². The summed E-state index contributed by atoms with van der Waals surface area (Å²) in [5.41, 5.74) is -1.25. The molecule has 3 aromatic rings. The van der Waals surface area contributed by atoms with Gasteiger partial charge in [0.25, 0.3) is 5.91 Å². The van der Waals surface area contributed by atoms with Gasteiger partial charge in [-0.25, -0.2) is 23.7 Å². The summed E-state index contributed by atoms with van der Waals surface area (Å²) < 4.78 is 67.5. The second kappa shape index (κ2) is 9.93. The summed E-state index contributed by atoms with van der Waals surface area (Å²) in [6.45, 7) is 2.40. The molecule has 6 nitrogen and oxygen atoms in total. The molecule has 35 heavy (non-hydrogen) atoms. The number of nitrogens with one attached hydrogen (secondary N) is 1. The number of nitrogens with zero attached hydrogens (tertiary/aromatic N) is 4. The molecule has 4 rings (SSSR count). The van der Waals surface area contributed by atoms with Crippen LogP contribution in [0.25, 0.3) is 11.4 Å². The van der Waals surface area contributed by atoms with E-state index in [4.69, 9.17) is 0 Å². The highest BCUT2D eigenvalue weighted by molar-refractivity contribution is 6.00. The second-order valence-corrected chi connectivity index (χ2v) is 8.35. The van der Waals surface area contributed by atoms with E-state index < -0.39 is 40.9 Å². The van der Waals surface area contributed by atoms with Gasteiger partial charge in [-0.3, -0.25) is 4.79 Å². The Morgan fingerprint density at radius 1 is 1.11 bits per heavy atom. The van der Waals surface area contributed by atoms with Gasteiger partial charge in [0, 0.05) is 37.2 Å². The molecule has 0 radical (unpaired) electrons. The summed E-state index contributed by atoms with van der Waals surface area (Å²) in [5.74, 6) is -2.87. The molecule has 3 heterocycles. The summed E-state index contributed by atoms with van der Waals surface area (Å²) >= 11 is 0. The molecule has 1 aliphatic heterocycles. The highest BCUT2D eigenvalue weighted by atomic mass is 19.4. The highest BCUT2D eigenvalue weighted by Crippen LogP contribution is 2.31. The first kappa shape index (κ1) is 24.5. The van der Waals surface area contributed by atoms with Gasteiger partial charge in [-0.15, -0.1) is 0 Å². The van der Waals surface area contributed by atoms with Crippen molar-refractivity contribution in [3.05, 3.63) is 71.7 Å². The molecule has 1 aliphatic rings. The molecule has 0 spiro atoms. The zero-order valence-corrected chi connectivity index (χ0v) is 18.7. The predicted molar refractivity (Wildman–Crippen MR) is 118 cm³/mol. The van der Waals surface area contributed by atoms with Crippen LogP contribution in [0, 0.1) is 17.6 Å². The molecule has 1 aromatic carbocycles. The van der Waals surface area contributed by atoms with Crippen molar-refractivity contribution < 1.29 is 26.7 Å². The molecule has 11 heteroatoms. The van der Waals surface area contributed by atoms with Crippen LogP contribution in [-0.2, 0) is 6.18 Å². The summed E-state index contributed by atoms with van der Waals surface area (Å²) in [6, 6.07) is 5.44. The number of hydrogen-bond donors (Lipinski definition) is 1. The molecule has 0 aliphatic carbocycles. The molecule has 1 N–H and O–H groups in total. The lowest BCUT2D eigenvalue weighted by Crippen LogP contribution is -2.51. The number of halogens is 5. The van der Waals surface area contributed by atoms with E-state index in [1.807, 2.05) is 6.92 Å². The van der Waals surface area contributed by atoms with Gasteiger partial charge in [0.1, 0.15) is 5.82 Å². The fraction of sp³-hybridized carbons (Fsp3) is 0.333. The summed E-state index contributed by atoms with van der Waals surface area (Å²) in [4.78, 5) is 27.0. The molecule has 0 bridgehead atoms. The number of rotatable bonds is 5. The van der Waals surface area contributed by atoms with Crippen molar-refractivity contribution in [2.24, 2.45) is 5.92 Å². The zero-order valence-electron chi connectivity index (χ0n) is 18.7. The lowest BCUT2D eigenvalue weighted by Gasteiger charge is -2.40. The van der Waals surface area contributed by atoms with Crippen LogP contribution >= 0.6 is 0 Å². The summed E-state index contributed by atoms with van der Waals surface area (Å²) in [5, 5.41) is 2.97. The van der Waals surface area contributed by atoms with Gasteiger partial charge < -0.3 is 10.2 Å². The molecule has 2 atom stereocenters. The standard InChI is InChI=1S/C24H22F5N5O/c1-14-4-2-11-34(18(14)13-33-19-8-5-15(12-32-19)24(27,28)29)23(35)20-16(6-7-17(25)21(20)26)22-30-9-3-10-31-22/h3,5-10,12,14,18H,2,4,11,13H2,1H3,(H,32,33)/t14-,18?/m1/s1. The Morgan fingerprint density at radius 3 is 2.51 bits per heavy atom. The van der Waals surface area contributed by atoms with Crippen LogP contribution in [0.1, 0.15) is 35.7 Å². The van der Waals surface area contributed by atoms with Gasteiger partial charge in [-0.1, -0.05) is 6.92 Å². The van der Waals surface area contributed by atoms with Gasteiger partial charge >= 0.3 is 6.18 Å². The van der Waals surface area contributed by atoms with Gasteiger partial charge in [0.2, 0.25) is 0 Å². The van der Waals surface area contributed by atoms with Crippen molar-refractivity contribution in [2.75, 3.05) is 18.4 Å². The molecule has 2 aromatic heterocycles. The number of alkyl halides is 3. The number of benzene rings is 1. The van der Waals surface area contributed by atoms with Crippen LogP contribution in [0.3, 0.4) is 0 Å². The number of amides is 1. The lowest BCUT2D eigenvalue weighted by atomic mass is 9.89. The third-order valence-electron chi connectivity index (χ3n) is 6.08. The number of anilines is 1. The molecule has 1 fully saturated rings. The molecule has 1 saturated heterocycles. The number of likely N-dealkylation sites (tertiary alicyclic amines) is 1. The van der Waals surface area contributed by atoms with Gasteiger partial charge in [0.05, 0.1) is 17.2 Å². The zero-order chi connectivity index (χ0) is 25.2. The van der Waals surface area contributed by atoms with Crippen molar-refractivity contribution in [2.45, 2.75) is 32.0 Å². The Kier molecular flexibility index (Phi) is 6.95. The number of pyridine rings is 1. The van der Waals surface area contributed by atoms with Gasteiger partial charge in [-0.2, -0.15) is 13.2 Å². The van der Waals surface area contributed by atoms with Crippen LogP contribution in [0.2, 0.25) is 0 Å². The first-order valence-electron chi connectivity index (χ1n) is 11.0. The maximum atomic E-state index is 15.0. The van der Waals surface area contributed by atoms with Crippen LogP contribution in [-0.4, -0.2) is 44.9 Å². The Bertz CT molecular complexity index is 1190. The Labute approximate surface area is 198 Å². The molecule has 1 amide bonds. The number of piperidine rings is 1. The minimum atomic E-state index is -4.50. The third-order valence-corrected chi connectivity index (χ3v) is 6.08. The van der Waals surface area contributed by atoms with E-state index in [-0.39, 0.29) is 29.7 Å². The average molecular weight is 491 g/mol. The Balaban J connectivity index is 1.61. The van der Waals surface area contributed by atoms with Gasteiger partial charge in [0.15, 0.2) is 17.5 Å². The quantitative estimate of drug-likeness (QED) is 0.498. The SMILES string of the molecule is C[C@@H]1CCCN(C(=O)c2c(-c3ncccn3)ccc(F)c2F)C1CNc1ccc(C(F)(F)F)cn1. The molecule has 0 saturated carbocycles. The smallest absolute Gasteiger partial charge is 0.368 e. The molecular weight excluding hydrogens is 469 g/mol. The van der Waals surface area contributed by atoms with E-state index in [0.717, 1.165) is 24.8 Å². The van der Waals surface area contributed by atoms with Crippen LogP contribution < -0.4 is 5.32 Å². The largest absolute Gasteiger partial charge is 0.417 e. The van der Waals surface area contributed by atoms with E-state index in [9.17, 15) is 26.7 Å². The number of aromatic nitrogens is 3. The van der Waals surface area contributed by atoms with E-state index in [1.165, 1.54) is 29.4 Å². The minimum absolute atomic E-state index is 0.0114. The normalized spacial score (nSPS) is 18.4. The van der Waals surface area contributed by atoms with Crippen molar-refractivity contribution in [1.82, 2.24) is 19.9 Å². The average Bonchev–Trinajstić information content (AvgIpc) is 2.84. The molecule has 184 valence electrons. The topological polar surface area (TPSA) is 71.0 Å². The van der Waals surface area contributed by atoms with E-state index in [0.29, 0.717) is 13.0 Å². The van der Waals surface area contributed by atoms with Gasteiger partial charge in [-0.05, 0) is 49.1 Å². The van der Waals surface area contributed by atoms with Crippen LogP contribution in [0.4, 0.5) is 27.8 Å². The maximum absolute atomic E-state index is 15.0. The number of hydrogen-bond acceptors (Lipinski definition) is 5. The predicted octanol–water partition coefficient (Wildman–Crippen LogP) is 5.19. The molecule has 1 unspecified atom stereocenters. The Hall–Kier alpha value is -3.63. The first-order chi connectivity index (χ1) is 16.7. The van der Waals surface area contributed by atoms with E-state index in [2.05, 4.69) is 20.3 Å². The minimum Gasteiger partial charge on any atom is -0.368 e. The fourth-order valence-electron chi connectivity index (χ4n) is 4.22. The lowest BCUT2D eigenvalue weighted by molar-refractivity contribution is -0.137. The monoisotopic (exact) mass is 491 g/mol. The number of carbonyl (C=O) groups excluding carboxylic acids is 1. The fourth-order valence-corrected chi connectivity index (χ4v) is 4.22. The first-order valence-corrected chi connectivity index (χ1v) is 11.0. The number of carbonyl (C=O) groups is 1. The van der Waals surface area contributed by atoms with Crippen LogP contribution in [0.15, 0.2) is 48.9 Å². The van der Waals surface area contributed by atoms with Crippen molar-refractivity contribution >= 4 is 11.7 Å². The van der Waals surface area contributed by atoms with Crippen molar-refractivity contribution in [3.8, 4) is 11.4 Å².